The quantitative estimate of drug-likeness (QED) is 0.863. The van der Waals surface area contributed by atoms with Gasteiger partial charge in [0.1, 0.15) is 12.0 Å². The number of amides is 1. The van der Waals surface area contributed by atoms with E-state index in [9.17, 15) is 9.59 Å². The van der Waals surface area contributed by atoms with Crippen LogP contribution in [0.5, 0.6) is 5.75 Å². The van der Waals surface area contributed by atoms with Crippen molar-refractivity contribution in [3.63, 3.8) is 0 Å². The molecule has 0 radical (unpaired) electrons. The van der Waals surface area contributed by atoms with Crippen molar-refractivity contribution in [1.82, 2.24) is 4.90 Å². The van der Waals surface area contributed by atoms with Crippen LogP contribution in [0.2, 0.25) is 0 Å². The fourth-order valence-corrected chi connectivity index (χ4v) is 3.89. The van der Waals surface area contributed by atoms with Gasteiger partial charge in [0.05, 0.1) is 6.04 Å². The van der Waals surface area contributed by atoms with Gasteiger partial charge in [-0.25, -0.2) is 0 Å². The van der Waals surface area contributed by atoms with Gasteiger partial charge in [0.2, 0.25) is 11.2 Å². The highest BCUT2D eigenvalue weighted by molar-refractivity contribution is 7.10. The molecule has 1 atom stereocenters. The van der Waals surface area contributed by atoms with Crippen molar-refractivity contribution >= 4 is 17.2 Å². The first-order valence-corrected chi connectivity index (χ1v) is 8.56. The Morgan fingerprint density at radius 2 is 2.35 bits per heavy atom. The van der Waals surface area contributed by atoms with Gasteiger partial charge in [-0.05, 0) is 36.8 Å². The zero-order valence-electron chi connectivity index (χ0n) is 13.2. The summed E-state index contributed by atoms with van der Waals surface area (Å²) in [5.41, 5.74) is 0.972. The third kappa shape index (κ3) is 3.17. The Morgan fingerprint density at radius 3 is 3.09 bits per heavy atom. The van der Waals surface area contributed by atoms with Crippen LogP contribution in [-0.2, 0) is 11.2 Å². The predicted octanol–water partition coefficient (Wildman–Crippen LogP) is 2.92. The lowest BCUT2D eigenvalue weighted by Crippen LogP contribution is -2.42. The topological polar surface area (TPSA) is 59.8 Å². The molecule has 1 amide bonds. The van der Waals surface area contributed by atoms with Crippen molar-refractivity contribution in [1.29, 1.82) is 0 Å². The number of nitrogens with zero attached hydrogens (tertiary/aromatic N) is 1. The van der Waals surface area contributed by atoms with Gasteiger partial charge in [-0.15, -0.1) is 11.3 Å². The van der Waals surface area contributed by atoms with Crippen molar-refractivity contribution in [2.24, 2.45) is 0 Å². The van der Waals surface area contributed by atoms with Crippen molar-refractivity contribution in [2.45, 2.75) is 32.7 Å². The van der Waals surface area contributed by atoms with Crippen LogP contribution in [0.3, 0.4) is 0 Å². The molecule has 0 saturated carbocycles. The lowest BCUT2D eigenvalue weighted by atomic mass is 9.98. The molecule has 6 heteroatoms. The number of hydrogen-bond donors (Lipinski definition) is 0. The molecule has 2 aromatic rings. The number of carbonyl (C=O) groups excluding carboxylic acids is 1. The van der Waals surface area contributed by atoms with Gasteiger partial charge < -0.3 is 14.1 Å². The number of rotatable bonds is 4. The summed E-state index contributed by atoms with van der Waals surface area (Å²) in [5.74, 6) is 0.486. The number of hydrogen-bond acceptors (Lipinski definition) is 5. The Labute approximate surface area is 138 Å². The second kappa shape index (κ2) is 6.58. The van der Waals surface area contributed by atoms with Gasteiger partial charge in [-0.1, -0.05) is 6.92 Å². The van der Waals surface area contributed by atoms with Gasteiger partial charge >= 0.3 is 0 Å². The molecule has 5 nitrogen and oxygen atoms in total. The van der Waals surface area contributed by atoms with Crippen LogP contribution < -0.4 is 10.2 Å². The largest absolute Gasteiger partial charge is 0.477 e. The number of fused-ring (bicyclic) bond motifs is 1. The average Bonchev–Trinajstić information content (AvgIpc) is 3.01. The molecule has 1 aliphatic heterocycles. The van der Waals surface area contributed by atoms with E-state index >= 15 is 0 Å². The molecule has 3 heterocycles. The minimum atomic E-state index is -0.271. The van der Waals surface area contributed by atoms with E-state index in [-0.39, 0.29) is 29.7 Å². The van der Waals surface area contributed by atoms with Crippen molar-refractivity contribution in [3.05, 3.63) is 50.2 Å². The molecule has 0 aromatic carbocycles. The number of thiophene rings is 1. The molecule has 0 spiro atoms. The first kappa shape index (κ1) is 15.8. The van der Waals surface area contributed by atoms with E-state index in [0.29, 0.717) is 12.3 Å². The van der Waals surface area contributed by atoms with Crippen LogP contribution in [0.15, 0.2) is 33.0 Å². The Bertz CT molecular complexity index is 764. The maximum Gasteiger partial charge on any atom is 0.261 e. The first-order chi connectivity index (χ1) is 11.1. The Morgan fingerprint density at radius 1 is 1.52 bits per heavy atom. The SMILES string of the molecule is CCC1c2ccsc2CCN1C(=O)COc1coc(C)cc1=O. The third-order valence-corrected chi connectivity index (χ3v) is 5.08. The molecule has 23 heavy (non-hydrogen) atoms. The monoisotopic (exact) mass is 333 g/mol. The van der Waals surface area contributed by atoms with Gasteiger partial charge in [-0.2, -0.15) is 0 Å². The third-order valence-electron chi connectivity index (χ3n) is 4.08. The van der Waals surface area contributed by atoms with E-state index in [4.69, 9.17) is 9.15 Å². The molecule has 3 rings (SSSR count). The fraction of sp³-hybridized carbons (Fsp3) is 0.412. The predicted molar refractivity (Wildman–Crippen MR) is 88.0 cm³/mol. The van der Waals surface area contributed by atoms with Crippen LogP contribution in [0.1, 0.15) is 35.6 Å². The maximum absolute atomic E-state index is 12.5. The zero-order valence-corrected chi connectivity index (χ0v) is 14.0. The molecule has 0 fully saturated rings. The summed E-state index contributed by atoms with van der Waals surface area (Å²) in [6.07, 6.45) is 3.00. The molecule has 0 N–H and O–H groups in total. The molecule has 0 aliphatic carbocycles. The van der Waals surface area contributed by atoms with Crippen molar-refractivity contribution in [3.8, 4) is 5.75 Å². The standard InChI is InChI=1S/C17H19NO4S/c1-3-13-12-5-7-23-16(12)4-6-18(13)17(20)10-22-15-9-21-11(2)8-14(15)19/h5,7-9,13H,3-4,6,10H2,1-2H3. The van der Waals surface area contributed by atoms with Crippen molar-refractivity contribution in [2.75, 3.05) is 13.2 Å². The molecule has 0 saturated heterocycles. The summed E-state index contributed by atoms with van der Waals surface area (Å²) >= 11 is 1.75. The zero-order chi connectivity index (χ0) is 16.4. The summed E-state index contributed by atoms with van der Waals surface area (Å²) in [6.45, 7) is 4.31. The van der Waals surface area contributed by atoms with E-state index in [1.165, 1.54) is 22.8 Å². The minimum Gasteiger partial charge on any atom is -0.477 e. The maximum atomic E-state index is 12.5. The highest BCUT2D eigenvalue weighted by atomic mass is 32.1. The Hall–Kier alpha value is -2.08. The molecule has 1 unspecified atom stereocenters. The van der Waals surface area contributed by atoms with Crippen LogP contribution >= 0.6 is 11.3 Å². The van der Waals surface area contributed by atoms with Crippen LogP contribution in [0.4, 0.5) is 0 Å². The summed E-state index contributed by atoms with van der Waals surface area (Å²) < 4.78 is 10.5. The second-order valence-electron chi connectivity index (χ2n) is 5.57. The molecule has 0 bridgehead atoms. The molecule has 1 aliphatic rings. The van der Waals surface area contributed by atoms with Crippen molar-refractivity contribution < 1.29 is 13.9 Å². The van der Waals surface area contributed by atoms with Crippen LogP contribution in [0.25, 0.3) is 0 Å². The normalized spacial score (nSPS) is 17.0. The summed E-state index contributed by atoms with van der Waals surface area (Å²) in [6, 6.07) is 3.55. The van der Waals surface area contributed by atoms with Crippen LogP contribution in [0, 0.1) is 6.92 Å². The van der Waals surface area contributed by atoms with Crippen LogP contribution in [-0.4, -0.2) is 24.0 Å². The Kier molecular flexibility index (Phi) is 4.52. The summed E-state index contributed by atoms with van der Waals surface area (Å²) in [7, 11) is 0. The van der Waals surface area contributed by atoms with E-state index in [1.807, 2.05) is 4.90 Å². The fourth-order valence-electron chi connectivity index (χ4n) is 2.96. The Balaban J connectivity index is 1.70. The summed E-state index contributed by atoms with van der Waals surface area (Å²) in [5, 5.41) is 2.08. The lowest BCUT2D eigenvalue weighted by molar-refractivity contribution is -0.136. The molecular weight excluding hydrogens is 314 g/mol. The smallest absolute Gasteiger partial charge is 0.261 e. The van der Waals surface area contributed by atoms with E-state index in [0.717, 1.165) is 12.8 Å². The van der Waals surface area contributed by atoms with E-state index in [2.05, 4.69) is 18.4 Å². The summed E-state index contributed by atoms with van der Waals surface area (Å²) in [4.78, 5) is 27.5. The molecule has 122 valence electrons. The average molecular weight is 333 g/mol. The van der Waals surface area contributed by atoms with Gasteiger partial charge in [0, 0.05) is 17.5 Å². The lowest BCUT2D eigenvalue weighted by Gasteiger charge is -2.35. The minimum absolute atomic E-state index is 0.0743. The second-order valence-corrected chi connectivity index (χ2v) is 6.57. The number of ether oxygens (including phenoxy) is 1. The molecular formula is C17H19NO4S. The number of carbonyl (C=O) groups is 1. The highest BCUT2D eigenvalue weighted by Gasteiger charge is 2.30. The number of aryl methyl sites for hydroxylation is 1. The van der Waals surface area contributed by atoms with Gasteiger partial charge in [-0.3, -0.25) is 9.59 Å². The van der Waals surface area contributed by atoms with E-state index in [1.54, 1.807) is 18.3 Å². The van der Waals surface area contributed by atoms with E-state index < -0.39 is 0 Å². The highest BCUT2D eigenvalue weighted by Crippen LogP contribution is 2.35. The van der Waals surface area contributed by atoms with Gasteiger partial charge in [0.25, 0.3) is 5.91 Å². The van der Waals surface area contributed by atoms with Gasteiger partial charge in [0.15, 0.2) is 6.61 Å². The first-order valence-electron chi connectivity index (χ1n) is 7.68. The molecule has 2 aromatic heterocycles.